The molecule has 1 aromatic carbocycles. The zero-order valence-electron chi connectivity index (χ0n) is 17.7. The van der Waals surface area contributed by atoms with E-state index in [1.807, 2.05) is 12.1 Å². The molecule has 5 rings (SSSR count). The number of nitrogens with one attached hydrogen (secondary N) is 1. The smallest absolute Gasteiger partial charge is 0.223 e. The van der Waals surface area contributed by atoms with Gasteiger partial charge in [-0.05, 0) is 43.4 Å². The van der Waals surface area contributed by atoms with Crippen LogP contribution in [0, 0.1) is 5.92 Å². The molecule has 2 fully saturated rings. The van der Waals surface area contributed by atoms with Crippen molar-refractivity contribution in [3.63, 3.8) is 0 Å². The third kappa shape index (κ3) is 4.69. The molecule has 2 aliphatic rings. The lowest BCUT2D eigenvalue weighted by molar-refractivity contribution is -0.126. The number of hydrogen-bond acceptors (Lipinski definition) is 6. The number of hydrogen-bond donors (Lipinski definition) is 1. The summed E-state index contributed by atoms with van der Waals surface area (Å²) < 4.78 is 1.69. The van der Waals surface area contributed by atoms with Crippen molar-refractivity contribution >= 4 is 17.4 Å². The van der Waals surface area contributed by atoms with Gasteiger partial charge >= 0.3 is 0 Å². The fraction of sp³-hybridized carbons (Fsp3) is 0.478. The summed E-state index contributed by atoms with van der Waals surface area (Å²) in [7, 11) is 0. The van der Waals surface area contributed by atoms with Gasteiger partial charge < -0.3 is 10.2 Å². The first-order valence-electron chi connectivity index (χ1n) is 11.2. The van der Waals surface area contributed by atoms with Crippen LogP contribution in [0.15, 0.2) is 48.8 Å². The molecule has 0 aliphatic carbocycles. The van der Waals surface area contributed by atoms with E-state index in [2.05, 4.69) is 60.7 Å². The molecular formula is C23H29N7O. The van der Waals surface area contributed by atoms with E-state index in [9.17, 15) is 4.79 Å². The number of carbonyl (C=O) groups excluding carboxylic acids is 1. The zero-order chi connectivity index (χ0) is 21.0. The Kier molecular flexibility index (Phi) is 5.80. The lowest BCUT2D eigenvalue weighted by atomic mass is 9.94. The molecule has 4 heterocycles. The van der Waals surface area contributed by atoms with Crippen molar-refractivity contribution < 1.29 is 4.79 Å². The number of benzene rings is 1. The molecule has 8 nitrogen and oxygen atoms in total. The molecule has 31 heavy (non-hydrogen) atoms. The highest BCUT2D eigenvalue weighted by Crippen LogP contribution is 2.23. The molecule has 0 unspecified atom stereocenters. The summed E-state index contributed by atoms with van der Waals surface area (Å²) >= 11 is 0. The summed E-state index contributed by atoms with van der Waals surface area (Å²) in [5.74, 6) is 1.23. The largest absolute Gasteiger partial charge is 0.355 e. The first-order valence-corrected chi connectivity index (χ1v) is 11.2. The van der Waals surface area contributed by atoms with Gasteiger partial charge in [-0.3, -0.25) is 9.69 Å². The fourth-order valence-corrected chi connectivity index (χ4v) is 4.65. The summed E-state index contributed by atoms with van der Waals surface area (Å²) in [5.41, 5.74) is 2.10. The van der Waals surface area contributed by atoms with Crippen LogP contribution in [0.25, 0.3) is 5.65 Å². The van der Waals surface area contributed by atoms with Crippen LogP contribution >= 0.6 is 0 Å². The zero-order valence-corrected chi connectivity index (χ0v) is 17.7. The van der Waals surface area contributed by atoms with Crippen molar-refractivity contribution in [2.75, 3.05) is 31.1 Å². The molecule has 0 spiro atoms. The number of fused-ring (bicyclic) bond motifs is 1. The molecule has 3 aromatic rings. The molecule has 0 bridgehead atoms. The maximum Gasteiger partial charge on any atom is 0.223 e. The predicted molar refractivity (Wildman–Crippen MR) is 119 cm³/mol. The Hall–Kier alpha value is -3.00. The minimum atomic E-state index is 0.0947. The van der Waals surface area contributed by atoms with Crippen LogP contribution in [-0.2, 0) is 11.3 Å². The van der Waals surface area contributed by atoms with Gasteiger partial charge in [0.25, 0.3) is 0 Å². The van der Waals surface area contributed by atoms with Crippen molar-refractivity contribution in [2.45, 2.75) is 38.3 Å². The Labute approximate surface area is 182 Å². The lowest BCUT2D eigenvalue weighted by Crippen LogP contribution is -2.48. The second-order valence-electron chi connectivity index (χ2n) is 8.63. The van der Waals surface area contributed by atoms with E-state index in [4.69, 9.17) is 0 Å². The molecule has 0 saturated carbocycles. The molecule has 8 heteroatoms. The minimum Gasteiger partial charge on any atom is -0.355 e. The SMILES string of the molecule is O=C(NC1CCN(Cc2ccccc2)CC1)C1CCN(c2ccc3nncn3n2)CC1. The molecule has 2 aliphatic heterocycles. The molecule has 0 atom stereocenters. The third-order valence-electron chi connectivity index (χ3n) is 6.52. The Morgan fingerprint density at radius 1 is 0.968 bits per heavy atom. The van der Waals surface area contributed by atoms with E-state index < -0.39 is 0 Å². The summed E-state index contributed by atoms with van der Waals surface area (Å²) in [6, 6.07) is 14.8. The Balaban J connectivity index is 1.07. The monoisotopic (exact) mass is 419 g/mol. The highest BCUT2D eigenvalue weighted by molar-refractivity contribution is 5.79. The number of carbonyl (C=O) groups is 1. The average molecular weight is 420 g/mol. The Morgan fingerprint density at radius 2 is 1.74 bits per heavy atom. The van der Waals surface area contributed by atoms with Gasteiger partial charge in [-0.15, -0.1) is 15.3 Å². The summed E-state index contributed by atoms with van der Waals surface area (Å²) in [4.78, 5) is 17.6. The topological polar surface area (TPSA) is 78.7 Å². The van der Waals surface area contributed by atoms with Crippen LogP contribution in [0.2, 0.25) is 0 Å². The number of amides is 1. The average Bonchev–Trinajstić information content (AvgIpc) is 3.29. The van der Waals surface area contributed by atoms with Gasteiger partial charge in [0, 0.05) is 44.7 Å². The van der Waals surface area contributed by atoms with Gasteiger partial charge in [-0.2, -0.15) is 4.52 Å². The van der Waals surface area contributed by atoms with Crippen LogP contribution in [0.1, 0.15) is 31.2 Å². The van der Waals surface area contributed by atoms with Crippen molar-refractivity contribution in [1.82, 2.24) is 30.0 Å². The second-order valence-corrected chi connectivity index (χ2v) is 8.63. The van der Waals surface area contributed by atoms with Crippen molar-refractivity contribution in [2.24, 2.45) is 5.92 Å². The number of nitrogens with zero attached hydrogens (tertiary/aromatic N) is 6. The van der Waals surface area contributed by atoms with Crippen LogP contribution in [0.4, 0.5) is 5.82 Å². The lowest BCUT2D eigenvalue weighted by Gasteiger charge is -2.35. The van der Waals surface area contributed by atoms with Crippen LogP contribution in [0.3, 0.4) is 0 Å². The van der Waals surface area contributed by atoms with E-state index in [0.29, 0.717) is 6.04 Å². The molecule has 1 amide bonds. The fourth-order valence-electron chi connectivity index (χ4n) is 4.65. The molecule has 0 radical (unpaired) electrons. The number of rotatable bonds is 5. The summed E-state index contributed by atoms with van der Waals surface area (Å²) in [6.07, 6.45) is 5.39. The van der Waals surface area contributed by atoms with Crippen molar-refractivity contribution in [3.8, 4) is 0 Å². The third-order valence-corrected chi connectivity index (χ3v) is 6.52. The Bertz CT molecular complexity index is 1000. The Morgan fingerprint density at radius 3 is 2.52 bits per heavy atom. The van der Waals surface area contributed by atoms with E-state index >= 15 is 0 Å². The van der Waals surface area contributed by atoms with E-state index in [1.165, 1.54) is 5.56 Å². The highest BCUT2D eigenvalue weighted by Gasteiger charge is 2.28. The number of likely N-dealkylation sites (tertiary alicyclic amines) is 1. The summed E-state index contributed by atoms with van der Waals surface area (Å²) in [5, 5.41) is 15.8. The predicted octanol–water partition coefficient (Wildman–Crippen LogP) is 2.12. The van der Waals surface area contributed by atoms with E-state index in [0.717, 1.165) is 69.9 Å². The molecular weight excluding hydrogens is 390 g/mol. The number of aromatic nitrogens is 4. The van der Waals surface area contributed by atoms with E-state index in [-0.39, 0.29) is 11.8 Å². The molecule has 1 N–H and O–H groups in total. The standard InChI is InChI=1S/C23H29N7O/c31-23(25-20-10-12-28(13-11-20)16-18-4-2-1-3-5-18)19-8-14-29(15-9-19)22-7-6-21-26-24-17-30(21)27-22/h1-7,17,19-20H,8-16H2,(H,25,31). The maximum atomic E-state index is 12.8. The second kappa shape index (κ2) is 9.01. The van der Waals surface area contributed by atoms with Gasteiger partial charge in [0.1, 0.15) is 12.1 Å². The maximum absolute atomic E-state index is 12.8. The van der Waals surface area contributed by atoms with Crippen LogP contribution in [-0.4, -0.2) is 62.8 Å². The highest BCUT2D eigenvalue weighted by atomic mass is 16.2. The van der Waals surface area contributed by atoms with Gasteiger partial charge in [-0.25, -0.2) is 0 Å². The normalized spacial score (nSPS) is 19.0. The van der Waals surface area contributed by atoms with Gasteiger partial charge in [0.15, 0.2) is 5.65 Å². The molecule has 2 saturated heterocycles. The van der Waals surface area contributed by atoms with Gasteiger partial charge in [-0.1, -0.05) is 30.3 Å². The van der Waals surface area contributed by atoms with Crippen LogP contribution < -0.4 is 10.2 Å². The van der Waals surface area contributed by atoms with Gasteiger partial charge in [0.05, 0.1) is 0 Å². The minimum absolute atomic E-state index is 0.0947. The van der Waals surface area contributed by atoms with E-state index in [1.54, 1.807) is 10.8 Å². The van der Waals surface area contributed by atoms with Crippen molar-refractivity contribution in [3.05, 3.63) is 54.4 Å². The van der Waals surface area contributed by atoms with Crippen molar-refractivity contribution in [1.29, 1.82) is 0 Å². The van der Waals surface area contributed by atoms with Gasteiger partial charge in [0.2, 0.25) is 5.91 Å². The first kappa shape index (κ1) is 19.9. The quantitative estimate of drug-likeness (QED) is 0.683. The number of anilines is 1. The van der Waals surface area contributed by atoms with Crippen LogP contribution in [0.5, 0.6) is 0 Å². The summed E-state index contributed by atoms with van der Waals surface area (Å²) in [6.45, 7) is 4.75. The molecule has 2 aromatic heterocycles. The molecule has 162 valence electrons. The number of piperidine rings is 2. The first-order chi connectivity index (χ1) is 15.2.